The Morgan fingerprint density at radius 3 is 2.71 bits per heavy atom. The quantitative estimate of drug-likeness (QED) is 0.621. The molecule has 1 unspecified atom stereocenters. The first-order valence-electron chi connectivity index (χ1n) is 9.27. The minimum Gasteiger partial charge on any atom is -0.435 e. The normalized spacial score (nSPS) is 16.3. The lowest BCUT2D eigenvalue weighted by Gasteiger charge is -2.12. The molecule has 1 amide bonds. The van der Waals surface area contributed by atoms with Gasteiger partial charge in [0.25, 0.3) is 5.91 Å². The van der Waals surface area contributed by atoms with E-state index in [4.69, 9.17) is 4.74 Å². The standard InChI is InChI=1S/C21H23F2NO3S/c22-21(23)27-16-9-7-15(8-10-16)11-12-24-20(25)18-5-1-2-6-19(18)28-14-17-4-3-13-26-17/h1-2,5-10,17,21H,3-4,11-14H2,(H,24,25). The second kappa shape index (κ2) is 10.4. The summed E-state index contributed by atoms with van der Waals surface area (Å²) in [6, 6.07) is 14.0. The molecule has 0 aromatic heterocycles. The second-order valence-electron chi connectivity index (χ2n) is 6.47. The van der Waals surface area contributed by atoms with Gasteiger partial charge in [0.15, 0.2) is 0 Å². The minimum atomic E-state index is -2.83. The van der Waals surface area contributed by atoms with Crippen molar-refractivity contribution in [1.82, 2.24) is 5.32 Å². The van der Waals surface area contributed by atoms with Crippen LogP contribution in [0.4, 0.5) is 8.78 Å². The van der Waals surface area contributed by atoms with E-state index in [9.17, 15) is 13.6 Å². The molecule has 150 valence electrons. The molecular formula is C21H23F2NO3S. The number of alkyl halides is 2. The topological polar surface area (TPSA) is 47.6 Å². The summed E-state index contributed by atoms with van der Waals surface area (Å²) in [5.41, 5.74) is 1.59. The van der Waals surface area contributed by atoms with Crippen LogP contribution >= 0.6 is 11.8 Å². The Kier molecular flexibility index (Phi) is 7.68. The van der Waals surface area contributed by atoms with Crippen LogP contribution in [-0.2, 0) is 11.2 Å². The zero-order valence-corrected chi connectivity index (χ0v) is 16.2. The lowest BCUT2D eigenvalue weighted by molar-refractivity contribution is -0.0498. The van der Waals surface area contributed by atoms with E-state index in [2.05, 4.69) is 10.1 Å². The number of halogens is 2. The van der Waals surface area contributed by atoms with Crippen molar-refractivity contribution in [3.63, 3.8) is 0 Å². The Labute approximate surface area is 167 Å². The van der Waals surface area contributed by atoms with E-state index >= 15 is 0 Å². The number of thioether (sulfide) groups is 1. The summed E-state index contributed by atoms with van der Waals surface area (Å²) in [6.45, 7) is -1.55. The predicted molar refractivity (Wildman–Crippen MR) is 105 cm³/mol. The smallest absolute Gasteiger partial charge is 0.387 e. The molecule has 2 aromatic rings. The summed E-state index contributed by atoms with van der Waals surface area (Å²) in [4.78, 5) is 13.5. The van der Waals surface area contributed by atoms with Crippen LogP contribution in [0.2, 0.25) is 0 Å². The number of carbonyl (C=O) groups excluding carboxylic acids is 1. The van der Waals surface area contributed by atoms with E-state index in [0.717, 1.165) is 35.7 Å². The number of amides is 1. The van der Waals surface area contributed by atoms with Gasteiger partial charge >= 0.3 is 6.61 Å². The van der Waals surface area contributed by atoms with Crippen molar-refractivity contribution in [3.05, 3.63) is 59.7 Å². The van der Waals surface area contributed by atoms with Crippen molar-refractivity contribution in [2.75, 3.05) is 18.9 Å². The zero-order valence-electron chi connectivity index (χ0n) is 15.4. The van der Waals surface area contributed by atoms with Crippen molar-refractivity contribution in [2.45, 2.75) is 36.9 Å². The predicted octanol–water partition coefficient (Wildman–Crippen LogP) is 4.53. The van der Waals surface area contributed by atoms with Crippen LogP contribution < -0.4 is 10.1 Å². The van der Waals surface area contributed by atoms with Crippen LogP contribution in [0.15, 0.2) is 53.4 Å². The van der Waals surface area contributed by atoms with Crippen LogP contribution in [0.5, 0.6) is 5.75 Å². The molecular weight excluding hydrogens is 384 g/mol. The van der Waals surface area contributed by atoms with E-state index in [1.807, 2.05) is 24.3 Å². The van der Waals surface area contributed by atoms with E-state index in [0.29, 0.717) is 18.5 Å². The Morgan fingerprint density at radius 1 is 1.21 bits per heavy atom. The molecule has 1 N–H and O–H groups in total. The first-order valence-corrected chi connectivity index (χ1v) is 10.3. The molecule has 4 nitrogen and oxygen atoms in total. The molecule has 7 heteroatoms. The molecule has 1 heterocycles. The number of benzene rings is 2. The Morgan fingerprint density at radius 2 is 2.00 bits per heavy atom. The SMILES string of the molecule is O=C(NCCc1ccc(OC(F)F)cc1)c1ccccc1SCC1CCCO1. The highest BCUT2D eigenvalue weighted by Gasteiger charge is 2.17. The average Bonchev–Trinajstić information content (AvgIpc) is 3.21. The molecule has 0 bridgehead atoms. The maximum atomic E-state index is 12.6. The Balaban J connectivity index is 1.49. The number of carbonyl (C=O) groups is 1. The second-order valence-corrected chi connectivity index (χ2v) is 7.53. The van der Waals surface area contributed by atoms with Crippen LogP contribution in [-0.4, -0.2) is 37.5 Å². The number of rotatable bonds is 9. The van der Waals surface area contributed by atoms with Crippen molar-refractivity contribution in [1.29, 1.82) is 0 Å². The van der Waals surface area contributed by atoms with Crippen LogP contribution in [0.3, 0.4) is 0 Å². The van der Waals surface area contributed by atoms with Gasteiger partial charge in [0.05, 0.1) is 11.7 Å². The molecule has 3 rings (SSSR count). The lowest BCUT2D eigenvalue weighted by atomic mass is 10.1. The third-order valence-corrected chi connectivity index (χ3v) is 5.63. The summed E-state index contributed by atoms with van der Waals surface area (Å²) in [5.74, 6) is 0.852. The first kappa shape index (κ1) is 20.6. The highest BCUT2D eigenvalue weighted by Crippen LogP contribution is 2.26. The van der Waals surface area contributed by atoms with Crippen molar-refractivity contribution in [2.24, 2.45) is 0 Å². The average molecular weight is 407 g/mol. The van der Waals surface area contributed by atoms with Gasteiger partial charge in [0.1, 0.15) is 5.75 Å². The summed E-state index contributed by atoms with van der Waals surface area (Å²) < 4.78 is 34.3. The number of hydrogen-bond donors (Lipinski definition) is 1. The van der Waals surface area contributed by atoms with E-state index < -0.39 is 6.61 Å². The third-order valence-electron chi connectivity index (χ3n) is 4.43. The summed E-state index contributed by atoms with van der Waals surface area (Å²) >= 11 is 1.65. The molecule has 0 spiro atoms. The van der Waals surface area contributed by atoms with Gasteiger partial charge in [-0.25, -0.2) is 0 Å². The fraction of sp³-hybridized carbons (Fsp3) is 0.381. The maximum absolute atomic E-state index is 12.6. The molecule has 1 atom stereocenters. The van der Waals surface area contributed by atoms with Crippen molar-refractivity contribution >= 4 is 17.7 Å². The molecule has 28 heavy (non-hydrogen) atoms. The monoisotopic (exact) mass is 407 g/mol. The van der Waals surface area contributed by atoms with E-state index in [1.54, 1.807) is 23.9 Å². The highest BCUT2D eigenvalue weighted by atomic mass is 32.2. The Hall–Kier alpha value is -2.12. The van der Waals surface area contributed by atoms with Gasteiger partial charge in [0.2, 0.25) is 0 Å². The minimum absolute atomic E-state index is 0.118. The van der Waals surface area contributed by atoms with Crippen molar-refractivity contribution < 1.29 is 23.0 Å². The largest absolute Gasteiger partial charge is 0.435 e. The van der Waals surface area contributed by atoms with Crippen LogP contribution in [0.1, 0.15) is 28.8 Å². The van der Waals surface area contributed by atoms with Gasteiger partial charge in [-0.3, -0.25) is 4.79 Å². The van der Waals surface area contributed by atoms with Gasteiger partial charge in [0, 0.05) is 23.8 Å². The van der Waals surface area contributed by atoms with Crippen LogP contribution in [0, 0.1) is 0 Å². The maximum Gasteiger partial charge on any atom is 0.387 e. The van der Waals surface area contributed by atoms with Crippen LogP contribution in [0.25, 0.3) is 0 Å². The van der Waals surface area contributed by atoms with Gasteiger partial charge in [-0.2, -0.15) is 8.78 Å². The Bertz CT molecular complexity index is 765. The fourth-order valence-electron chi connectivity index (χ4n) is 2.99. The van der Waals surface area contributed by atoms with Gasteiger partial charge in [-0.05, 0) is 49.1 Å². The van der Waals surface area contributed by atoms with Gasteiger partial charge in [-0.15, -0.1) is 11.8 Å². The fourth-order valence-corrected chi connectivity index (χ4v) is 4.11. The molecule has 0 radical (unpaired) electrons. The summed E-state index contributed by atoms with van der Waals surface area (Å²) in [6.07, 6.45) is 3.04. The number of ether oxygens (including phenoxy) is 2. The first-order chi connectivity index (χ1) is 13.6. The number of hydrogen-bond acceptors (Lipinski definition) is 4. The van der Waals surface area contributed by atoms with Gasteiger partial charge < -0.3 is 14.8 Å². The molecule has 1 aliphatic heterocycles. The lowest BCUT2D eigenvalue weighted by Crippen LogP contribution is -2.26. The highest BCUT2D eigenvalue weighted by molar-refractivity contribution is 7.99. The molecule has 0 aliphatic carbocycles. The molecule has 0 saturated carbocycles. The molecule has 1 fully saturated rings. The van der Waals surface area contributed by atoms with Gasteiger partial charge in [-0.1, -0.05) is 24.3 Å². The summed E-state index contributed by atoms with van der Waals surface area (Å²) in [7, 11) is 0. The number of nitrogens with one attached hydrogen (secondary N) is 1. The zero-order chi connectivity index (χ0) is 19.8. The molecule has 1 aliphatic rings. The van der Waals surface area contributed by atoms with E-state index in [1.165, 1.54) is 12.1 Å². The molecule has 1 saturated heterocycles. The third kappa shape index (κ3) is 6.21. The van der Waals surface area contributed by atoms with E-state index in [-0.39, 0.29) is 17.8 Å². The molecule has 2 aromatic carbocycles. The van der Waals surface area contributed by atoms with Crippen molar-refractivity contribution in [3.8, 4) is 5.75 Å². The summed E-state index contributed by atoms with van der Waals surface area (Å²) in [5, 5.41) is 2.93.